The van der Waals surface area contributed by atoms with Crippen LogP contribution < -0.4 is 4.74 Å². The molecule has 1 unspecified atom stereocenters. The Morgan fingerprint density at radius 2 is 2.07 bits per heavy atom. The Hall–Kier alpha value is -0.350. The summed E-state index contributed by atoms with van der Waals surface area (Å²) in [5.41, 5.74) is 0. The van der Waals surface area contributed by atoms with Crippen molar-refractivity contribution in [2.24, 2.45) is 5.92 Å². The van der Waals surface area contributed by atoms with Crippen LogP contribution in [0.5, 0.6) is 5.88 Å². The van der Waals surface area contributed by atoms with Gasteiger partial charge in [0, 0.05) is 0 Å². The monoisotopic (exact) mass is 292 g/mol. The molecule has 0 radical (unpaired) electrons. The van der Waals surface area contributed by atoms with Gasteiger partial charge in [-0.2, -0.15) is 0 Å². The second-order valence-corrected chi connectivity index (χ2v) is 4.99. The quantitative estimate of drug-likeness (QED) is 0.794. The van der Waals surface area contributed by atoms with Gasteiger partial charge in [-0.25, -0.2) is 9.97 Å². The van der Waals surface area contributed by atoms with Crippen molar-refractivity contribution in [2.45, 2.75) is 33.3 Å². The lowest BCUT2D eigenvalue weighted by atomic mass is 10.1. The predicted octanol–water partition coefficient (Wildman–Crippen LogP) is 3.71. The Morgan fingerprint density at radius 1 is 1.40 bits per heavy atom. The van der Waals surface area contributed by atoms with E-state index < -0.39 is 0 Å². The third-order valence-electron chi connectivity index (χ3n) is 1.83. The zero-order valence-electron chi connectivity index (χ0n) is 9.00. The van der Waals surface area contributed by atoms with Crippen LogP contribution in [0.25, 0.3) is 0 Å². The SMILES string of the molecule is CC(C)CC(C)Oc1ncnc(Cl)c1Br. The third-order valence-corrected chi connectivity index (χ3v) is 3.06. The van der Waals surface area contributed by atoms with Crippen molar-refractivity contribution in [1.29, 1.82) is 0 Å². The molecule has 5 heteroatoms. The largest absolute Gasteiger partial charge is 0.474 e. The molecule has 0 bridgehead atoms. The maximum Gasteiger partial charge on any atom is 0.232 e. The van der Waals surface area contributed by atoms with E-state index in [9.17, 15) is 0 Å². The zero-order chi connectivity index (χ0) is 11.4. The fraction of sp³-hybridized carbons (Fsp3) is 0.600. The average Bonchev–Trinajstić information content (AvgIpc) is 2.11. The number of halogens is 2. The molecule has 0 aliphatic carbocycles. The Bertz CT molecular complexity index is 333. The second-order valence-electron chi connectivity index (χ2n) is 3.84. The highest BCUT2D eigenvalue weighted by Crippen LogP contribution is 2.29. The van der Waals surface area contributed by atoms with Crippen LogP contribution in [-0.4, -0.2) is 16.1 Å². The lowest BCUT2D eigenvalue weighted by molar-refractivity contribution is 0.184. The number of nitrogens with zero attached hydrogens (tertiary/aromatic N) is 2. The van der Waals surface area contributed by atoms with Crippen molar-refractivity contribution in [3.63, 3.8) is 0 Å². The van der Waals surface area contributed by atoms with E-state index >= 15 is 0 Å². The molecule has 0 saturated heterocycles. The molecule has 1 heterocycles. The summed E-state index contributed by atoms with van der Waals surface area (Å²) in [5.74, 6) is 1.10. The highest BCUT2D eigenvalue weighted by Gasteiger charge is 2.12. The van der Waals surface area contributed by atoms with Crippen molar-refractivity contribution in [3.05, 3.63) is 16.0 Å². The molecule has 0 aliphatic rings. The maximum absolute atomic E-state index is 5.83. The average molecular weight is 294 g/mol. The van der Waals surface area contributed by atoms with E-state index in [-0.39, 0.29) is 6.10 Å². The smallest absolute Gasteiger partial charge is 0.232 e. The second kappa shape index (κ2) is 5.66. The van der Waals surface area contributed by atoms with Crippen molar-refractivity contribution in [3.8, 4) is 5.88 Å². The normalized spacial score (nSPS) is 12.9. The number of rotatable bonds is 4. The van der Waals surface area contributed by atoms with Gasteiger partial charge in [0.05, 0.1) is 6.10 Å². The zero-order valence-corrected chi connectivity index (χ0v) is 11.3. The van der Waals surface area contributed by atoms with Crippen LogP contribution in [-0.2, 0) is 0 Å². The van der Waals surface area contributed by atoms with E-state index in [4.69, 9.17) is 16.3 Å². The molecule has 1 aromatic rings. The first-order valence-corrected chi connectivity index (χ1v) is 6.00. The van der Waals surface area contributed by atoms with Gasteiger partial charge in [-0.1, -0.05) is 25.4 Å². The first-order valence-electron chi connectivity index (χ1n) is 4.83. The summed E-state index contributed by atoms with van der Waals surface area (Å²) in [7, 11) is 0. The third kappa shape index (κ3) is 3.95. The summed E-state index contributed by atoms with van der Waals surface area (Å²) in [6, 6.07) is 0. The molecule has 1 rings (SSSR count). The number of hydrogen-bond acceptors (Lipinski definition) is 3. The molecule has 0 aliphatic heterocycles. The summed E-state index contributed by atoms with van der Waals surface area (Å²) in [6.07, 6.45) is 2.49. The van der Waals surface area contributed by atoms with Gasteiger partial charge < -0.3 is 4.74 Å². The molecule has 0 saturated carbocycles. The molecule has 0 fully saturated rings. The van der Waals surface area contributed by atoms with Crippen LogP contribution in [0.1, 0.15) is 27.2 Å². The van der Waals surface area contributed by atoms with Crippen LogP contribution in [0.2, 0.25) is 5.15 Å². The van der Waals surface area contributed by atoms with Crippen molar-refractivity contribution in [2.75, 3.05) is 0 Å². The fourth-order valence-corrected chi connectivity index (χ4v) is 1.74. The van der Waals surface area contributed by atoms with Crippen molar-refractivity contribution in [1.82, 2.24) is 9.97 Å². The lowest BCUT2D eigenvalue weighted by Gasteiger charge is -2.16. The van der Waals surface area contributed by atoms with Crippen LogP contribution in [0.3, 0.4) is 0 Å². The van der Waals surface area contributed by atoms with Crippen LogP contribution >= 0.6 is 27.5 Å². The van der Waals surface area contributed by atoms with E-state index in [1.54, 1.807) is 0 Å². The first kappa shape index (κ1) is 12.7. The Balaban J connectivity index is 2.68. The van der Waals surface area contributed by atoms with E-state index in [1.165, 1.54) is 6.33 Å². The molecule has 0 N–H and O–H groups in total. The molecule has 84 valence electrons. The molecule has 1 atom stereocenters. The minimum atomic E-state index is 0.118. The van der Waals surface area contributed by atoms with Gasteiger partial charge in [0.2, 0.25) is 5.88 Å². The summed E-state index contributed by atoms with van der Waals surface area (Å²) in [4.78, 5) is 7.86. The summed E-state index contributed by atoms with van der Waals surface area (Å²) >= 11 is 9.12. The molecule has 15 heavy (non-hydrogen) atoms. The minimum Gasteiger partial charge on any atom is -0.474 e. The van der Waals surface area contributed by atoms with Gasteiger partial charge in [0.25, 0.3) is 0 Å². The van der Waals surface area contributed by atoms with Crippen LogP contribution in [0.15, 0.2) is 10.8 Å². The summed E-state index contributed by atoms with van der Waals surface area (Å²) in [5, 5.41) is 0.372. The standard InChI is InChI=1S/C10H14BrClN2O/c1-6(2)4-7(3)15-10-8(11)9(12)13-5-14-10/h5-7H,4H2,1-3H3. The van der Waals surface area contributed by atoms with Gasteiger partial charge in [0.15, 0.2) is 5.15 Å². The van der Waals surface area contributed by atoms with Gasteiger partial charge in [-0.15, -0.1) is 0 Å². The topological polar surface area (TPSA) is 35.0 Å². The fourth-order valence-electron chi connectivity index (χ4n) is 1.32. The number of hydrogen-bond donors (Lipinski definition) is 0. The Kier molecular flexibility index (Phi) is 4.80. The van der Waals surface area contributed by atoms with E-state index in [0.29, 0.717) is 21.4 Å². The summed E-state index contributed by atoms with van der Waals surface area (Å²) in [6.45, 7) is 6.33. The molecule has 0 aromatic carbocycles. The molecule has 3 nitrogen and oxygen atoms in total. The molecule has 1 aromatic heterocycles. The highest BCUT2D eigenvalue weighted by atomic mass is 79.9. The maximum atomic E-state index is 5.83. The molecule has 0 amide bonds. The van der Waals surface area contributed by atoms with Crippen molar-refractivity contribution >= 4 is 27.5 Å². The lowest BCUT2D eigenvalue weighted by Crippen LogP contribution is -2.15. The first-order chi connectivity index (χ1) is 7.00. The van der Waals surface area contributed by atoms with Crippen LogP contribution in [0.4, 0.5) is 0 Å². The molecular weight excluding hydrogens is 279 g/mol. The molecule has 0 spiro atoms. The number of aromatic nitrogens is 2. The summed E-state index contributed by atoms with van der Waals surface area (Å²) < 4.78 is 6.27. The van der Waals surface area contributed by atoms with E-state index in [0.717, 1.165) is 6.42 Å². The van der Waals surface area contributed by atoms with Gasteiger partial charge >= 0.3 is 0 Å². The minimum absolute atomic E-state index is 0.118. The van der Waals surface area contributed by atoms with E-state index in [2.05, 4.69) is 39.7 Å². The number of ether oxygens (including phenoxy) is 1. The molecular formula is C10H14BrClN2O. The van der Waals surface area contributed by atoms with E-state index in [1.807, 2.05) is 6.92 Å². The van der Waals surface area contributed by atoms with Gasteiger partial charge in [0.1, 0.15) is 10.8 Å². The van der Waals surface area contributed by atoms with Gasteiger partial charge in [-0.3, -0.25) is 0 Å². The highest BCUT2D eigenvalue weighted by molar-refractivity contribution is 9.10. The van der Waals surface area contributed by atoms with Crippen molar-refractivity contribution < 1.29 is 4.74 Å². The predicted molar refractivity (Wildman–Crippen MR) is 64.3 cm³/mol. The van der Waals surface area contributed by atoms with Crippen LogP contribution in [0, 0.1) is 5.92 Å². The van der Waals surface area contributed by atoms with Gasteiger partial charge in [-0.05, 0) is 35.2 Å². The Labute approximate surface area is 103 Å². The Morgan fingerprint density at radius 3 is 2.67 bits per heavy atom.